The zero-order valence-electron chi connectivity index (χ0n) is 32.0. The van der Waals surface area contributed by atoms with Gasteiger partial charge in [0.2, 0.25) is 0 Å². The van der Waals surface area contributed by atoms with Crippen molar-refractivity contribution < 1.29 is 61.7 Å². The summed E-state index contributed by atoms with van der Waals surface area (Å²) in [6, 6.07) is 0. The number of carboxylic acids is 1. The van der Waals surface area contributed by atoms with Crippen molar-refractivity contribution in [2.24, 2.45) is 0 Å². The highest BCUT2D eigenvalue weighted by atomic mass is 16.7. The number of aliphatic hydroxyl groups is 4. The molecule has 0 amide bonds. The molecule has 0 aromatic rings. The first kappa shape index (κ1) is 45.2. The molecule has 2 aliphatic rings. The number of aliphatic hydroxyl groups excluding tert-OH is 1. The van der Waals surface area contributed by atoms with E-state index < -0.39 is 28.4 Å². The number of unbranched alkanes of at least 4 members (excludes halogenated alkanes) is 3. The summed E-state index contributed by atoms with van der Waals surface area (Å²) >= 11 is 0. The normalized spacial score (nSPS) is 22.0. The van der Waals surface area contributed by atoms with Crippen LogP contribution in [0.5, 0.6) is 0 Å². The average molecular weight is 681 g/mol. The molecule has 5 N–H and O–H groups in total. The molecule has 0 radical (unpaired) electrons. The van der Waals surface area contributed by atoms with E-state index >= 15 is 0 Å². The maximum absolute atomic E-state index is 12.0. The van der Waals surface area contributed by atoms with Crippen LogP contribution in [0.3, 0.4) is 0 Å². The van der Waals surface area contributed by atoms with Crippen LogP contribution < -0.4 is 0 Å². The third-order valence-corrected chi connectivity index (χ3v) is 8.00. The van der Waals surface area contributed by atoms with Gasteiger partial charge in [-0.15, -0.1) is 0 Å². The Morgan fingerprint density at radius 2 is 1.53 bits per heavy atom. The largest absolute Gasteiger partial charge is 1.00 e. The maximum Gasteiger partial charge on any atom is 1.00 e. The van der Waals surface area contributed by atoms with Crippen LogP contribution in [0.15, 0.2) is 0 Å². The Hall–Kier alpha value is -1.83. The number of ether oxygens (including phenoxy) is 4. The Morgan fingerprint density at radius 1 is 0.936 bits per heavy atom. The summed E-state index contributed by atoms with van der Waals surface area (Å²) in [6.45, 7) is 12.9. The third kappa shape index (κ3) is 23.2. The Kier molecular flexibility index (Phi) is 22.6. The van der Waals surface area contributed by atoms with E-state index in [9.17, 15) is 29.7 Å². The highest BCUT2D eigenvalue weighted by molar-refractivity contribution is 5.71. The summed E-state index contributed by atoms with van der Waals surface area (Å²) in [6.07, 6.45) is 10.1. The minimum Gasteiger partial charge on any atom is -0.481 e. The molecule has 2 saturated heterocycles. The predicted octanol–water partition coefficient (Wildman–Crippen LogP) is 5.42. The number of cyclic esters (lactones) is 1. The second-order valence-electron chi connectivity index (χ2n) is 14.0. The van der Waals surface area contributed by atoms with Crippen molar-refractivity contribution >= 4 is 17.9 Å². The molecule has 0 saturated carbocycles. The smallest absolute Gasteiger partial charge is 0.481 e. The zero-order valence-corrected chi connectivity index (χ0v) is 30.0. The van der Waals surface area contributed by atoms with E-state index in [2.05, 4.69) is 13.8 Å². The molecule has 0 aromatic carbocycles. The number of carbonyl (C=O) groups excluding carboxylic acids is 2. The van der Waals surface area contributed by atoms with Gasteiger partial charge in [-0.2, -0.15) is 0 Å². The fraction of sp³-hybridized carbons (Fsp3) is 0.914. The van der Waals surface area contributed by atoms with E-state index in [0.29, 0.717) is 38.9 Å². The molecule has 4 atom stereocenters. The number of aliphatic carboxylic acids is 1. The molecule has 12 nitrogen and oxygen atoms in total. The van der Waals surface area contributed by atoms with E-state index in [1.807, 2.05) is 27.7 Å². The lowest BCUT2D eigenvalue weighted by molar-refractivity contribution is -0.163. The van der Waals surface area contributed by atoms with Gasteiger partial charge in [-0.3, -0.25) is 14.4 Å². The summed E-state index contributed by atoms with van der Waals surface area (Å²) in [4.78, 5) is 33.3. The third-order valence-electron chi connectivity index (χ3n) is 8.00. The molecule has 278 valence electrons. The van der Waals surface area contributed by atoms with Crippen LogP contribution in [0.25, 0.3) is 0 Å². The second-order valence-corrected chi connectivity index (χ2v) is 14.0. The van der Waals surface area contributed by atoms with Crippen molar-refractivity contribution in [3.8, 4) is 0 Å². The molecule has 12 heteroatoms. The van der Waals surface area contributed by atoms with E-state index in [4.69, 9.17) is 29.2 Å². The highest BCUT2D eigenvalue weighted by Gasteiger charge is 2.34. The Morgan fingerprint density at radius 3 is 2.00 bits per heavy atom. The lowest BCUT2D eigenvalue weighted by atomic mass is 9.89. The van der Waals surface area contributed by atoms with Gasteiger partial charge in [-0.05, 0) is 52.9 Å². The van der Waals surface area contributed by atoms with Gasteiger partial charge in [0.05, 0.1) is 49.3 Å². The van der Waals surface area contributed by atoms with Crippen molar-refractivity contribution in [3.05, 3.63) is 0 Å². The Balaban J connectivity index is -0.000000677. The number of rotatable bonds is 19. The fourth-order valence-electron chi connectivity index (χ4n) is 5.29. The van der Waals surface area contributed by atoms with Gasteiger partial charge in [-0.25, -0.2) is 0 Å². The summed E-state index contributed by atoms with van der Waals surface area (Å²) < 4.78 is 21.1. The van der Waals surface area contributed by atoms with Crippen LogP contribution in [0.1, 0.15) is 154 Å². The van der Waals surface area contributed by atoms with Gasteiger partial charge in [0, 0.05) is 32.5 Å². The van der Waals surface area contributed by atoms with E-state index in [1.165, 1.54) is 0 Å². The number of carbonyl (C=O) groups is 3. The first-order valence-electron chi connectivity index (χ1n) is 17.5. The highest BCUT2D eigenvalue weighted by Crippen LogP contribution is 2.27. The van der Waals surface area contributed by atoms with Gasteiger partial charge in [0.1, 0.15) is 5.60 Å². The van der Waals surface area contributed by atoms with Crippen molar-refractivity contribution in [2.45, 2.75) is 179 Å². The number of esters is 2. The minimum atomic E-state index is -1.23. The fourth-order valence-corrected chi connectivity index (χ4v) is 5.29. The topological polar surface area (TPSA) is 189 Å². The Bertz CT molecular complexity index is 881. The lowest BCUT2D eigenvalue weighted by Gasteiger charge is -2.30. The summed E-state index contributed by atoms with van der Waals surface area (Å²) in [5.74, 6) is -1.64. The van der Waals surface area contributed by atoms with E-state index in [-0.39, 0.29) is 53.4 Å². The molecule has 47 heavy (non-hydrogen) atoms. The van der Waals surface area contributed by atoms with Crippen LogP contribution in [-0.4, -0.2) is 98.6 Å². The summed E-state index contributed by atoms with van der Waals surface area (Å²) in [5.41, 5.74) is -3.59. The van der Waals surface area contributed by atoms with Gasteiger partial charge >= 0.3 is 20.8 Å². The van der Waals surface area contributed by atoms with Crippen LogP contribution >= 0.6 is 0 Å². The molecule has 2 heterocycles. The van der Waals surface area contributed by atoms with E-state index in [0.717, 1.165) is 64.4 Å². The van der Waals surface area contributed by atoms with Crippen LogP contribution in [0.2, 0.25) is 0 Å². The molecule has 0 aliphatic carbocycles. The molecule has 2 rings (SSSR count). The summed E-state index contributed by atoms with van der Waals surface area (Å²) in [5, 5.41) is 47.6. The molecular formula is C35H68O12+2. The monoisotopic (exact) mass is 680 g/mol. The SMILES string of the molecule is CCCCC(O)(CCO)CC(=O)O.CCCCC(O)(CCOC1CCCO1)CC(=O)OC(C)(C)C.CCCCC1(O)CCOC(=O)C1.[H+].[H+]. The van der Waals surface area contributed by atoms with Crippen molar-refractivity contribution in [2.75, 3.05) is 26.4 Å². The van der Waals surface area contributed by atoms with Crippen LogP contribution in [0.4, 0.5) is 0 Å². The molecule has 0 bridgehead atoms. The maximum atomic E-state index is 12.0. The van der Waals surface area contributed by atoms with Gasteiger partial charge in [0.15, 0.2) is 6.29 Å². The number of carboxylic acid groups (broad SMARTS) is 1. The van der Waals surface area contributed by atoms with Crippen LogP contribution in [0, 0.1) is 0 Å². The van der Waals surface area contributed by atoms with Crippen molar-refractivity contribution in [3.63, 3.8) is 0 Å². The molecular weight excluding hydrogens is 612 g/mol. The first-order valence-corrected chi connectivity index (χ1v) is 17.5. The quantitative estimate of drug-likeness (QED) is 0.109. The van der Waals surface area contributed by atoms with Crippen molar-refractivity contribution in [1.29, 1.82) is 0 Å². The summed E-state index contributed by atoms with van der Waals surface area (Å²) in [7, 11) is 0. The molecule has 0 spiro atoms. The predicted molar refractivity (Wildman–Crippen MR) is 180 cm³/mol. The van der Waals surface area contributed by atoms with Gasteiger partial charge in [-0.1, -0.05) is 59.3 Å². The Labute approximate surface area is 285 Å². The van der Waals surface area contributed by atoms with Crippen LogP contribution in [-0.2, 0) is 33.3 Å². The van der Waals surface area contributed by atoms with Crippen molar-refractivity contribution in [1.82, 2.24) is 0 Å². The second kappa shape index (κ2) is 23.5. The van der Waals surface area contributed by atoms with Gasteiger partial charge in [0.25, 0.3) is 0 Å². The minimum absolute atomic E-state index is 0. The lowest BCUT2D eigenvalue weighted by Crippen LogP contribution is -2.38. The standard InChI is InChI=1S/C17H32O5.C9H18O4.C9H16O3/c1-5-6-9-17(19,13-14(18)22-16(2,3)4)10-12-21-15-8-7-11-20-15;1-2-3-4-9(13,5-6-10)7-8(11)12;1-2-3-4-9(11)5-6-12-8(10)7-9/h15,19H,5-13H2,1-4H3;10,13H,2-7H2,1H3,(H,11,12);11H,2-7H2,1H3/p+2. The average Bonchev–Trinajstić information content (AvgIpc) is 3.47. The number of hydrogen-bond acceptors (Lipinski definition) is 11. The van der Waals surface area contributed by atoms with E-state index in [1.54, 1.807) is 0 Å². The number of hydrogen-bond donors (Lipinski definition) is 5. The zero-order chi connectivity index (χ0) is 36.0. The molecule has 0 aromatic heterocycles. The first-order chi connectivity index (χ1) is 21.9. The molecule has 2 fully saturated rings. The molecule has 2 aliphatic heterocycles. The van der Waals surface area contributed by atoms with Gasteiger partial charge < -0.3 is 44.5 Å². The molecule has 4 unspecified atom stereocenters.